The van der Waals surface area contributed by atoms with Gasteiger partial charge in [-0.25, -0.2) is 0 Å². The summed E-state index contributed by atoms with van der Waals surface area (Å²) in [5.74, 6) is 10.5. The van der Waals surface area contributed by atoms with Gasteiger partial charge in [0.1, 0.15) is 0 Å². The monoisotopic (exact) mass is 1770 g/mol. The van der Waals surface area contributed by atoms with Gasteiger partial charge in [0, 0.05) is 144 Å². The number of rotatable bonds is 18. The lowest BCUT2D eigenvalue weighted by molar-refractivity contribution is -0.105. The van der Waals surface area contributed by atoms with Gasteiger partial charge in [0.2, 0.25) is 0 Å². The fourth-order valence-electron chi connectivity index (χ4n) is 25.7. The van der Waals surface area contributed by atoms with Crippen LogP contribution in [0.15, 0.2) is 147 Å². The highest BCUT2D eigenvalue weighted by molar-refractivity contribution is 5.72. The number of hydrogen-bond donors (Lipinski definition) is 0. The van der Waals surface area contributed by atoms with Crippen molar-refractivity contribution in [1.82, 2.24) is 29.4 Å². The summed E-state index contributed by atoms with van der Waals surface area (Å²) in [6.45, 7) is 83.0. The number of hydrogen-bond acceptors (Lipinski definition) is 12. The third-order valence-corrected chi connectivity index (χ3v) is 31.7. The molecule has 2 saturated heterocycles. The van der Waals surface area contributed by atoms with Crippen molar-refractivity contribution in [3.8, 4) is 0 Å². The van der Waals surface area contributed by atoms with Gasteiger partial charge >= 0.3 is 0 Å². The molecule has 0 radical (unpaired) electrons. The van der Waals surface area contributed by atoms with Crippen LogP contribution in [0, 0.1) is 77.0 Å². The van der Waals surface area contributed by atoms with Crippen molar-refractivity contribution < 1.29 is 0 Å². The zero-order valence-electron chi connectivity index (χ0n) is 88.0. The van der Waals surface area contributed by atoms with Crippen LogP contribution in [0.25, 0.3) is 0 Å². The van der Waals surface area contributed by atoms with Crippen LogP contribution >= 0.6 is 0 Å². The molecule has 8 saturated carbocycles. The van der Waals surface area contributed by atoms with Crippen molar-refractivity contribution in [3.63, 3.8) is 0 Å². The molecule has 6 aliphatic heterocycles. The Labute approximate surface area is 794 Å². The molecule has 12 heteroatoms. The van der Waals surface area contributed by atoms with E-state index in [1.807, 2.05) is 0 Å². The molecule has 712 valence electrons. The van der Waals surface area contributed by atoms with Crippen LogP contribution in [0.3, 0.4) is 0 Å². The van der Waals surface area contributed by atoms with E-state index in [0.29, 0.717) is 70.5 Å². The quantitative estimate of drug-likeness (QED) is 0.0823. The maximum Gasteiger partial charge on any atom is 0.0989 e. The van der Waals surface area contributed by atoms with Gasteiger partial charge in [-0.3, -0.25) is 0 Å². The summed E-state index contributed by atoms with van der Waals surface area (Å²) in [5.41, 5.74) is 30.1. The van der Waals surface area contributed by atoms with Crippen molar-refractivity contribution in [2.45, 2.75) is 380 Å². The zero-order chi connectivity index (χ0) is 94.2. The zero-order valence-corrected chi connectivity index (χ0v) is 88.0. The molecule has 0 N–H and O–H groups in total. The van der Waals surface area contributed by atoms with Crippen LogP contribution in [0.2, 0.25) is 0 Å². The van der Waals surface area contributed by atoms with Crippen molar-refractivity contribution in [2.75, 3.05) is 95.6 Å². The topological polar surface area (TPSA) is 38.9 Å². The van der Waals surface area contributed by atoms with E-state index in [1.54, 1.807) is 38.5 Å². The third-order valence-electron chi connectivity index (χ3n) is 31.7. The second-order valence-corrected chi connectivity index (χ2v) is 47.6. The van der Waals surface area contributed by atoms with E-state index in [1.165, 1.54) is 157 Å². The molecule has 0 atom stereocenters. The second-order valence-electron chi connectivity index (χ2n) is 47.6. The predicted molar refractivity (Wildman–Crippen MR) is 563 cm³/mol. The highest BCUT2D eigenvalue weighted by Crippen LogP contribution is 2.62. The van der Waals surface area contributed by atoms with Gasteiger partial charge in [0.25, 0.3) is 0 Å². The summed E-state index contributed by atoms with van der Waals surface area (Å²) in [5, 5.41) is 0. The maximum atomic E-state index is 2.86. The van der Waals surface area contributed by atoms with E-state index >= 15 is 0 Å². The van der Waals surface area contributed by atoms with Crippen LogP contribution < -0.4 is 29.4 Å². The maximum absolute atomic E-state index is 2.86. The molecule has 8 bridgehead atoms. The molecule has 6 heterocycles. The first-order valence-electron chi connectivity index (χ1n) is 51.8. The van der Waals surface area contributed by atoms with E-state index in [2.05, 4.69) is 427 Å². The highest BCUT2D eigenvalue weighted by Gasteiger charge is 2.58. The SMILES string of the molecule is C1=CN(C23CC4CC(CC(C4)C2)C3)CN1C12CC3CC(CC(C3)C1)C2.CC(C)(C)N1C=CN(C(C)(C)C)C1.CC(C)N1C=CN(C(C)C)C1.CC(C)c1cccc(C(C)C)c1N1C=CN(c2c(C(C)C)cccc2C(C)C)C1.CC(C)c1cccc(C(C)C)c1N1CCN(c2c(C(C)C)cccc2C(C)C)C1.Cc1cc(C)c(N2CCN(c3c(C)cc(C)cc3C)C2)c(C)c1. The lowest BCUT2D eigenvalue weighted by Gasteiger charge is -2.62. The first-order valence-corrected chi connectivity index (χ1v) is 51.8. The average Bonchev–Trinajstić information content (AvgIpc) is 1.43. The standard InChI is InChI=1S/C27H40N2.C27H38N2.C23H34N2.C21H28N2.C11H22N2.C9H18N2/c2*1-18(2)22-11-9-12-23(19(3)4)26(22)28-15-16-29(17-28)27-24(20(5)6)13-10-14-25(27)21(7)8;1-2-25(23-12-19-6-20(13-23)8-21(7-19)14-23)15-24(1)22-9-16-3-17(10-22)5-18(4-16)11-22;1-14-9-16(3)20(17(4)10-14)22-7-8-23(13-22)21-18(5)11-15(2)12-19(21)6;1-10(2,3)12-7-8-13(9-12)11(4,5)6;1-8(2)10-5-6-11(7-10)9(3)4/h9-14,18-21H,15-17H2,1-8H3;9-16,18-21H,17H2,1-8H3;1-2,16-21H,3-15H2;9-12H,7-8,13H2,1-6H3;7-8H,9H2,1-6H3;5-6,8-9H,7H2,1-4H3. The van der Waals surface area contributed by atoms with Gasteiger partial charge in [0.15, 0.2) is 0 Å². The Morgan fingerprint density at radius 2 is 0.500 bits per heavy atom. The van der Waals surface area contributed by atoms with E-state index in [-0.39, 0.29) is 11.1 Å². The highest BCUT2D eigenvalue weighted by atomic mass is 15.4. The number of para-hydroxylation sites is 4. The Hall–Kier alpha value is -8.12. The minimum atomic E-state index is 0.233. The molecule has 10 fully saturated rings. The molecular weight excluding hydrogens is 1590 g/mol. The number of aryl methyl sites for hydroxylation is 6. The fraction of sp³-hybridized carbons (Fsp3) is 0.627. The average molecular weight is 1770 g/mol. The first-order chi connectivity index (χ1) is 61.3. The molecule has 20 rings (SSSR count). The van der Waals surface area contributed by atoms with Gasteiger partial charge in [0.05, 0.1) is 40.0 Å². The van der Waals surface area contributed by atoms with Crippen molar-refractivity contribution in [3.05, 3.63) is 225 Å². The molecule has 8 aliphatic carbocycles. The van der Waals surface area contributed by atoms with Gasteiger partial charge in [-0.1, -0.05) is 219 Å². The van der Waals surface area contributed by atoms with Crippen LogP contribution in [0.4, 0.5) is 34.1 Å². The molecule has 0 unspecified atom stereocenters. The molecule has 12 nitrogen and oxygen atoms in total. The summed E-state index contributed by atoms with van der Waals surface area (Å²) in [6, 6.07) is 37.9. The van der Waals surface area contributed by atoms with Crippen molar-refractivity contribution in [2.24, 2.45) is 35.5 Å². The van der Waals surface area contributed by atoms with Crippen LogP contribution in [-0.4, -0.2) is 130 Å². The van der Waals surface area contributed by atoms with Crippen molar-refractivity contribution in [1.29, 1.82) is 0 Å². The minimum absolute atomic E-state index is 0.233. The molecule has 0 aromatic heterocycles. The molecule has 14 aliphatic rings. The predicted octanol–water partition coefficient (Wildman–Crippen LogP) is 29.7. The Morgan fingerprint density at radius 3 is 0.715 bits per heavy atom. The smallest absolute Gasteiger partial charge is 0.0989 e. The fourth-order valence-corrected chi connectivity index (χ4v) is 25.7. The van der Waals surface area contributed by atoms with Crippen LogP contribution in [0.1, 0.15) is 382 Å². The number of anilines is 6. The molecule has 0 spiro atoms. The Bertz CT molecular complexity index is 4390. The Kier molecular flexibility index (Phi) is 31.3. The Balaban J connectivity index is 0.000000137. The molecule has 6 aromatic carbocycles. The first kappa shape index (κ1) is 99.4. The van der Waals surface area contributed by atoms with Gasteiger partial charge in [-0.2, -0.15) is 0 Å². The molecular formula is C118H180N12. The van der Waals surface area contributed by atoms with E-state index in [9.17, 15) is 0 Å². The Morgan fingerprint density at radius 1 is 0.262 bits per heavy atom. The third kappa shape index (κ3) is 22.3. The molecule has 6 aromatic rings. The molecule has 0 amide bonds. The van der Waals surface area contributed by atoms with Crippen LogP contribution in [0.5, 0.6) is 0 Å². The lowest BCUT2D eigenvalue weighted by Crippen LogP contribution is -2.62. The van der Waals surface area contributed by atoms with Gasteiger partial charge in [-0.15, -0.1) is 0 Å². The second kappa shape index (κ2) is 41.0. The number of benzene rings is 6. The van der Waals surface area contributed by atoms with Gasteiger partial charge in [-0.05, 0) is 337 Å². The lowest BCUT2D eigenvalue weighted by atomic mass is 9.52. The van der Waals surface area contributed by atoms with E-state index in [0.717, 1.165) is 95.0 Å². The number of nitrogens with zero attached hydrogens (tertiary/aromatic N) is 12. The van der Waals surface area contributed by atoms with E-state index in [4.69, 9.17) is 0 Å². The van der Waals surface area contributed by atoms with E-state index < -0.39 is 0 Å². The van der Waals surface area contributed by atoms with Crippen molar-refractivity contribution >= 4 is 34.1 Å². The largest absolute Gasteiger partial charge is 0.356 e. The summed E-state index contributed by atoms with van der Waals surface area (Å²) in [4.78, 5) is 30.3. The minimum Gasteiger partial charge on any atom is -0.356 e. The normalized spacial score (nSPS) is 23.6. The summed E-state index contributed by atoms with van der Waals surface area (Å²) in [6.07, 6.45) is 36.8. The van der Waals surface area contributed by atoms with Crippen LogP contribution in [-0.2, 0) is 0 Å². The summed E-state index contributed by atoms with van der Waals surface area (Å²) < 4.78 is 0. The van der Waals surface area contributed by atoms with Gasteiger partial charge < -0.3 is 58.8 Å². The summed E-state index contributed by atoms with van der Waals surface area (Å²) >= 11 is 0. The molecule has 130 heavy (non-hydrogen) atoms. The summed E-state index contributed by atoms with van der Waals surface area (Å²) in [7, 11) is 0.